The molecule has 0 amide bonds. The Morgan fingerprint density at radius 1 is 1.29 bits per heavy atom. The van der Waals surface area contributed by atoms with Gasteiger partial charge in [0.2, 0.25) is 0 Å². The summed E-state index contributed by atoms with van der Waals surface area (Å²) in [7, 11) is 0. The summed E-state index contributed by atoms with van der Waals surface area (Å²) in [5.74, 6) is -0.235. The topological polar surface area (TPSA) is 58.7 Å². The molecule has 4 nitrogen and oxygen atoms in total. The second-order valence-corrected chi connectivity index (χ2v) is 5.09. The molecule has 1 heterocycles. The molecule has 0 radical (unpaired) electrons. The molecule has 0 fully saturated rings. The zero-order valence-electron chi connectivity index (χ0n) is 11.5. The van der Waals surface area contributed by atoms with E-state index >= 15 is 0 Å². The van der Waals surface area contributed by atoms with Crippen LogP contribution in [0.15, 0.2) is 24.3 Å². The van der Waals surface area contributed by atoms with Gasteiger partial charge >= 0.3 is 0 Å². The third-order valence-corrected chi connectivity index (χ3v) is 3.71. The predicted octanol–water partition coefficient (Wildman–Crippen LogP) is 3.12. The maximum Gasteiger partial charge on any atom is 0.166 e. The van der Waals surface area contributed by atoms with Crippen LogP contribution in [0.3, 0.4) is 0 Å². The third kappa shape index (κ3) is 2.45. The number of hydrogen-bond donors (Lipinski definition) is 0. The molecule has 0 spiro atoms. The monoisotopic (exact) mass is 283 g/mol. The fraction of sp³-hybridized carbons (Fsp3) is 0.312. The number of ketones is 1. The summed E-state index contributed by atoms with van der Waals surface area (Å²) in [5, 5.41) is 13.2. The van der Waals surface area contributed by atoms with Gasteiger partial charge in [0, 0.05) is 17.7 Å². The first-order chi connectivity index (χ1) is 10.2. The number of benzene rings is 1. The van der Waals surface area contributed by atoms with E-state index in [9.17, 15) is 9.18 Å². The van der Waals surface area contributed by atoms with Gasteiger partial charge in [0.05, 0.1) is 24.6 Å². The van der Waals surface area contributed by atoms with Gasteiger partial charge in [0.1, 0.15) is 11.5 Å². The maximum atomic E-state index is 13.1. The van der Waals surface area contributed by atoms with Crippen LogP contribution in [0, 0.1) is 17.1 Å². The van der Waals surface area contributed by atoms with E-state index in [1.807, 2.05) is 0 Å². The molecule has 5 heteroatoms. The Labute approximate surface area is 121 Å². The van der Waals surface area contributed by atoms with Crippen molar-refractivity contribution in [2.45, 2.75) is 32.2 Å². The number of hydrogen-bond acceptors (Lipinski definition) is 3. The average Bonchev–Trinajstić information content (AvgIpc) is 2.86. The minimum Gasteiger partial charge on any atom is -0.294 e. The van der Waals surface area contributed by atoms with Crippen molar-refractivity contribution in [3.63, 3.8) is 0 Å². The fourth-order valence-corrected chi connectivity index (χ4v) is 2.74. The Hall–Kier alpha value is -2.48. The van der Waals surface area contributed by atoms with E-state index in [1.54, 1.807) is 16.8 Å². The first kappa shape index (κ1) is 13.5. The second-order valence-electron chi connectivity index (χ2n) is 5.09. The van der Waals surface area contributed by atoms with Gasteiger partial charge in [-0.3, -0.25) is 9.48 Å². The van der Waals surface area contributed by atoms with Gasteiger partial charge in [0.25, 0.3) is 0 Å². The SMILES string of the molecule is N#CCCn1nc(-c2ccc(F)cc2)c2c1CCCC2=O. The summed E-state index contributed by atoms with van der Waals surface area (Å²) < 4.78 is 14.8. The number of carbonyl (C=O) groups is 1. The van der Waals surface area contributed by atoms with Gasteiger partial charge in [-0.05, 0) is 37.1 Å². The minimum absolute atomic E-state index is 0.0822. The van der Waals surface area contributed by atoms with Crippen molar-refractivity contribution in [1.29, 1.82) is 5.26 Å². The van der Waals surface area contributed by atoms with Gasteiger partial charge < -0.3 is 0 Å². The van der Waals surface area contributed by atoms with Crippen LogP contribution in [-0.4, -0.2) is 15.6 Å². The quantitative estimate of drug-likeness (QED) is 0.869. The molecule has 1 aliphatic rings. The van der Waals surface area contributed by atoms with Crippen LogP contribution >= 0.6 is 0 Å². The molecule has 0 saturated carbocycles. The maximum absolute atomic E-state index is 13.1. The number of nitrogens with zero attached hydrogens (tertiary/aromatic N) is 3. The van der Waals surface area contributed by atoms with Crippen LogP contribution < -0.4 is 0 Å². The highest BCUT2D eigenvalue weighted by molar-refractivity contribution is 6.03. The summed E-state index contributed by atoms with van der Waals surface area (Å²) in [4.78, 5) is 12.2. The first-order valence-corrected chi connectivity index (χ1v) is 6.96. The summed E-state index contributed by atoms with van der Waals surface area (Å²) >= 11 is 0. The highest BCUT2D eigenvalue weighted by Crippen LogP contribution is 2.31. The van der Waals surface area contributed by atoms with Crippen LogP contribution in [0.5, 0.6) is 0 Å². The largest absolute Gasteiger partial charge is 0.294 e. The van der Waals surface area contributed by atoms with Gasteiger partial charge in [-0.15, -0.1) is 0 Å². The summed E-state index contributed by atoms with van der Waals surface area (Å²) in [6.07, 6.45) is 2.48. The molecular weight excluding hydrogens is 269 g/mol. The number of aromatic nitrogens is 2. The van der Waals surface area contributed by atoms with Crippen LogP contribution in [0.1, 0.15) is 35.3 Å². The van der Waals surface area contributed by atoms with Crippen molar-refractivity contribution < 1.29 is 9.18 Å². The Bertz CT molecular complexity index is 725. The van der Waals surface area contributed by atoms with Gasteiger partial charge in [-0.1, -0.05) is 0 Å². The molecule has 3 rings (SSSR count). The van der Waals surface area contributed by atoms with Crippen LogP contribution in [0.4, 0.5) is 4.39 Å². The molecule has 1 aliphatic carbocycles. The molecule has 0 saturated heterocycles. The van der Waals surface area contributed by atoms with Crippen LogP contribution in [0.25, 0.3) is 11.3 Å². The van der Waals surface area contributed by atoms with Crippen molar-refractivity contribution in [2.75, 3.05) is 0 Å². The van der Waals surface area contributed by atoms with Gasteiger partial charge in [-0.25, -0.2) is 4.39 Å². The van der Waals surface area contributed by atoms with Crippen molar-refractivity contribution in [2.24, 2.45) is 0 Å². The van der Waals surface area contributed by atoms with Crippen molar-refractivity contribution >= 4 is 5.78 Å². The number of halogens is 1. The van der Waals surface area contributed by atoms with Gasteiger partial charge in [-0.2, -0.15) is 10.4 Å². The number of Topliss-reactive ketones (excluding diaryl/α,β-unsaturated/α-hetero) is 1. The highest BCUT2D eigenvalue weighted by Gasteiger charge is 2.27. The Kier molecular flexibility index (Phi) is 3.53. The number of aryl methyl sites for hydroxylation is 1. The van der Waals surface area contributed by atoms with Crippen LogP contribution in [0.2, 0.25) is 0 Å². The molecule has 21 heavy (non-hydrogen) atoms. The van der Waals surface area contributed by atoms with E-state index in [-0.39, 0.29) is 11.6 Å². The molecule has 106 valence electrons. The van der Waals surface area contributed by atoms with E-state index < -0.39 is 0 Å². The van der Waals surface area contributed by atoms with E-state index in [2.05, 4.69) is 11.2 Å². The lowest BCUT2D eigenvalue weighted by Crippen LogP contribution is -2.14. The van der Waals surface area contributed by atoms with Crippen molar-refractivity contribution in [3.05, 3.63) is 41.3 Å². The van der Waals surface area contributed by atoms with E-state index in [1.165, 1.54) is 12.1 Å². The Morgan fingerprint density at radius 2 is 2.05 bits per heavy atom. The lowest BCUT2D eigenvalue weighted by molar-refractivity contribution is 0.0972. The first-order valence-electron chi connectivity index (χ1n) is 6.96. The summed E-state index contributed by atoms with van der Waals surface area (Å²) in [6.45, 7) is 0.479. The standard InChI is InChI=1S/C16H14FN3O/c17-12-7-5-11(6-8-12)16-15-13(3-1-4-14(15)21)20(19-16)10-2-9-18/h5-8H,1-4,10H2. The fourth-order valence-electron chi connectivity index (χ4n) is 2.74. The Morgan fingerprint density at radius 3 is 2.76 bits per heavy atom. The van der Waals surface area contributed by atoms with E-state index in [4.69, 9.17) is 5.26 Å². The van der Waals surface area contributed by atoms with E-state index in [0.717, 1.165) is 24.1 Å². The zero-order valence-corrected chi connectivity index (χ0v) is 11.5. The normalized spacial score (nSPS) is 13.8. The zero-order chi connectivity index (χ0) is 14.8. The molecule has 1 aromatic heterocycles. The lowest BCUT2D eigenvalue weighted by Gasteiger charge is -2.12. The Balaban J connectivity index is 2.11. The molecular formula is C16H14FN3O. The van der Waals surface area contributed by atoms with Gasteiger partial charge in [0.15, 0.2) is 5.78 Å². The highest BCUT2D eigenvalue weighted by atomic mass is 19.1. The molecule has 1 aromatic carbocycles. The third-order valence-electron chi connectivity index (χ3n) is 3.71. The number of carbonyl (C=O) groups excluding carboxylic acids is 1. The minimum atomic E-state index is -0.317. The number of nitriles is 1. The lowest BCUT2D eigenvalue weighted by atomic mass is 9.92. The number of rotatable bonds is 3. The van der Waals surface area contributed by atoms with Crippen molar-refractivity contribution in [1.82, 2.24) is 9.78 Å². The summed E-state index contributed by atoms with van der Waals surface area (Å²) in [6, 6.07) is 8.09. The van der Waals surface area contributed by atoms with E-state index in [0.29, 0.717) is 30.6 Å². The molecule has 0 bridgehead atoms. The molecule has 0 unspecified atom stereocenters. The average molecular weight is 283 g/mol. The second kappa shape index (κ2) is 5.49. The smallest absolute Gasteiger partial charge is 0.166 e. The molecule has 0 atom stereocenters. The number of fused-ring (bicyclic) bond motifs is 1. The van der Waals surface area contributed by atoms with Crippen molar-refractivity contribution in [3.8, 4) is 17.3 Å². The van der Waals surface area contributed by atoms with Crippen LogP contribution in [-0.2, 0) is 13.0 Å². The molecule has 0 N–H and O–H groups in total. The molecule has 0 aliphatic heterocycles. The molecule has 2 aromatic rings. The summed E-state index contributed by atoms with van der Waals surface area (Å²) in [5.41, 5.74) is 2.89. The predicted molar refractivity (Wildman–Crippen MR) is 75.1 cm³/mol.